The Morgan fingerprint density at radius 1 is 1.02 bits per heavy atom. The Kier molecular flexibility index (Phi) is 11.6. The van der Waals surface area contributed by atoms with Gasteiger partial charge in [-0.15, -0.1) is 6.58 Å². The molecule has 2 N–H and O–H groups in total. The van der Waals surface area contributed by atoms with Gasteiger partial charge < -0.3 is 20.1 Å². The summed E-state index contributed by atoms with van der Waals surface area (Å²) in [5, 5.41) is 14.2. The Bertz CT molecular complexity index is 1730. The van der Waals surface area contributed by atoms with Crippen molar-refractivity contribution in [3.63, 3.8) is 0 Å². The van der Waals surface area contributed by atoms with Crippen LogP contribution in [-0.4, -0.2) is 79.6 Å². The Labute approximate surface area is 282 Å². The molecule has 3 aromatic heterocycles. The van der Waals surface area contributed by atoms with Gasteiger partial charge in [-0.05, 0) is 76.6 Å². The summed E-state index contributed by atoms with van der Waals surface area (Å²) in [5.41, 5.74) is 1.48. The van der Waals surface area contributed by atoms with Crippen LogP contribution in [0.1, 0.15) is 65.0 Å². The zero-order valence-electron chi connectivity index (χ0n) is 28.4. The SMILES string of the molecule is C=CCn1c(=O)c2cnc(Nc3ccc(N4CCN(CCCCCCCC(=O)OCC)CC4)cc3)nc2n1-c1cccc(C(C)(C)O)n1. The highest BCUT2D eigenvalue weighted by Gasteiger charge is 2.22. The molecule has 5 rings (SSSR count). The minimum atomic E-state index is -1.15. The Morgan fingerprint density at radius 3 is 2.46 bits per heavy atom. The number of nitrogens with zero attached hydrogens (tertiary/aromatic N) is 7. The first kappa shape index (κ1) is 34.8. The second kappa shape index (κ2) is 16.0. The molecule has 256 valence electrons. The average Bonchev–Trinajstić information content (AvgIpc) is 3.35. The second-order valence-electron chi connectivity index (χ2n) is 12.7. The fourth-order valence-electron chi connectivity index (χ4n) is 5.97. The molecule has 48 heavy (non-hydrogen) atoms. The average molecular weight is 657 g/mol. The van der Waals surface area contributed by atoms with Crippen LogP contribution in [0.2, 0.25) is 0 Å². The number of carbonyl (C=O) groups is 1. The van der Waals surface area contributed by atoms with Crippen molar-refractivity contribution in [2.75, 3.05) is 49.5 Å². The number of aromatic nitrogens is 5. The van der Waals surface area contributed by atoms with E-state index in [4.69, 9.17) is 9.72 Å². The molecule has 0 unspecified atom stereocenters. The molecule has 0 saturated carbocycles. The maximum atomic E-state index is 13.3. The highest BCUT2D eigenvalue weighted by molar-refractivity contribution is 5.77. The van der Waals surface area contributed by atoms with Gasteiger partial charge in [0.05, 0.1) is 18.8 Å². The zero-order valence-corrected chi connectivity index (χ0v) is 28.4. The lowest BCUT2D eigenvalue weighted by Crippen LogP contribution is -2.46. The van der Waals surface area contributed by atoms with E-state index in [-0.39, 0.29) is 18.1 Å². The van der Waals surface area contributed by atoms with Crippen LogP contribution in [-0.2, 0) is 21.7 Å². The monoisotopic (exact) mass is 656 g/mol. The van der Waals surface area contributed by atoms with Gasteiger partial charge in [-0.2, -0.15) is 4.98 Å². The molecule has 12 nitrogen and oxygen atoms in total. The smallest absolute Gasteiger partial charge is 0.305 e. The summed E-state index contributed by atoms with van der Waals surface area (Å²) in [6, 6.07) is 13.6. The van der Waals surface area contributed by atoms with Crippen molar-refractivity contribution in [2.45, 2.75) is 71.4 Å². The molecular weight excluding hydrogens is 608 g/mol. The maximum absolute atomic E-state index is 13.3. The Balaban J connectivity index is 1.18. The second-order valence-corrected chi connectivity index (χ2v) is 12.7. The number of esters is 1. The van der Waals surface area contributed by atoms with Crippen LogP contribution in [0.3, 0.4) is 0 Å². The van der Waals surface area contributed by atoms with Crippen molar-refractivity contribution in [1.82, 2.24) is 29.2 Å². The van der Waals surface area contributed by atoms with Gasteiger partial charge in [0.1, 0.15) is 11.0 Å². The van der Waals surface area contributed by atoms with Crippen molar-refractivity contribution in [3.8, 4) is 5.82 Å². The molecular formula is C36H48N8O4. The van der Waals surface area contributed by atoms with E-state index in [1.54, 1.807) is 42.8 Å². The van der Waals surface area contributed by atoms with E-state index < -0.39 is 5.60 Å². The number of piperazine rings is 1. The molecule has 0 spiro atoms. The van der Waals surface area contributed by atoms with E-state index in [2.05, 4.69) is 43.8 Å². The molecule has 1 aliphatic heterocycles. The molecule has 1 fully saturated rings. The molecule has 0 amide bonds. The van der Waals surface area contributed by atoms with E-state index >= 15 is 0 Å². The summed E-state index contributed by atoms with van der Waals surface area (Å²) in [6.07, 6.45) is 9.24. The summed E-state index contributed by atoms with van der Waals surface area (Å²) < 4.78 is 8.16. The predicted molar refractivity (Wildman–Crippen MR) is 189 cm³/mol. The maximum Gasteiger partial charge on any atom is 0.305 e. The number of nitrogens with one attached hydrogen (secondary N) is 1. The van der Waals surface area contributed by atoms with E-state index in [1.807, 2.05) is 19.1 Å². The number of allylic oxidation sites excluding steroid dienone is 1. The van der Waals surface area contributed by atoms with Gasteiger partial charge in [-0.25, -0.2) is 19.3 Å². The molecule has 1 aliphatic rings. The van der Waals surface area contributed by atoms with Crippen LogP contribution >= 0.6 is 0 Å². The quantitative estimate of drug-likeness (QED) is 0.0948. The van der Waals surface area contributed by atoms with Crippen molar-refractivity contribution in [1.29, 1.82) is 0 Å². The Hall–Kier alpha value is -4.55. The third-order valence-corrected chi connectivity index (χ3v) is 8.58. The first-order valence-electron chi connectivity index (χ1n) is 17.0. The lowest BCUT2D eigenvalue weighted by atomic mass is 10.1. The van der Waals surface area contributed by atoms with Crippen LogP contribution in [0, 0.1) is 0 Å². The molecule has 4 aromatic rings. The molecule has 1 aromatic carbocycles. The lowest BCUT2D eigenvalue weighted by molar-refractivity contribution is -0.143. The van der Waals surface area contributed by atoms with Crippen LogP contribution in [0.5, 0.6) is 0 Å². The summed E-state index contributed by atoms with van der Waals surface area (Å²) in [6.45, 7) is 14.9. The zero-order chi connectivity index (χ0) is 34.1. The minimum Gasteiger partial charge on any atom is -0.466 e. The molecule has 4 heterocycles. The fourth-order valence-corrected chi connectivity index (χ4v) is 5.97. The van der Waals surface area contributed by atoms with Crippen molar-refractivity contribution in [2.24, 2.45) is 0 Å². The number of aliphatic hydroxyl groups is 1. The molecule has 0 aliphatic carbocycles. The third-order valence-electron chi connectivity index (χ3n) is 8.58. The molecule has 1 saturated heterocycles. The normalized spacial score (nSPS) is 14.0. The van der Waals surface area contributed by atoms with Crippen molar-refractivity contribution < 1.29 is 14.6 Å². The van der Waals surface area contributed by atoms with Crippen LogP contribution in [0.25, 0.3) is 16.9 Å². The van der Waals surface area contributed by atoms with Crippen molar-refractivity contribution >= 4 is 34.3 Å². The van der Waals surface area contributed by atoms with Crippen LogP contribution in [0.15, 0.2) is 66.1 Å². The summed E-state index contributed by atoms with van der Waals surface area (Å²) in [5.74, 6) is 0.729. The first-order valence-corrected chi connectivity index (χ1v) is 17.0. The Morgan fingerprint density at radius 2 is 1.75 bits per heavy atom. The number of ether oxygens (including phenoxy) is 1. The molecule has 0 radical (unpaired) electrons. The molecule has 12 heteroatoms. The summed E-state index contributed by atoms with van der Waals surface area (Å²) in [7, 11) is 0. The van der Waals surface area contributed by atoms with Gasteiger partial charge in [-0.1, -0.05) is 31.4 Å². The van der Waals surface area contributed by atoms with Gasteiger partial charge in [0.15, 0.2) is 11.5 Å². The molecule has 0 atom stereocenters. The highest BCUT2D eigenvalue weighted by Crippen LogP contribution is 2.24. The summed E-state index contributed by atoms with van der Waals surface area (Å²) in [4.78, 5) is 43.5. The number of hydrogen-bond acceptors (Lipinski definition) is 10. The third kappa shape index (κ3) is 8.67. The van der Waals surface area contributed by atoms with Gasteiger partial charge in [0.2, 0.25) is 5.95 Å². The highest BCUT2D eigenvalue weighted by atomic mass is 16.5. The van der Waals surface area contributed by atoms with Crippen LogP contribution < -0.4 is 15.8 Å². The number of pyridine rings is 1. The van der Waals surface area contributed by atoms with Gasteiger partial charge in [-0.3, -0.25) is 14.5 Å². The number of unbranched alkanes of at least 4 members (excludes halogenated alkanes) is 4. The van der Waals surface area contributed by atoms with Crippen molar-refractivity contribution in [3.05, 3.63) is 77.4 Å². The number of benzene rings is 1. The van der Waals surface area contributed by atoms with Gasteiger partial charge >= 0.3 is 5.97 Å². The van der Waals surface area contributed by atoms with E-state index in [0.29, 0.717) is 41.5 Å². The fraction of sp³-hybridized carbons (Fsp3) is 0.472. The standard InChI is InChI=1S/C36H48N8O4/c1-5-20-43-34(46)29-26-37-35(40-33(29)44(43)31-14-12-13-30(39-31)36(3,4)47)38-27-16-18-28(19-17-27)42-24-22-41(23-25-42)21-11-9-7-8-10-15-32(45)48-6-2/h5,12-14,16-19,26,47H,1,6-11,15,20-25H2,2-4H3,(H,37,38,40). The van der Waals surface area contributed by atoms with E-state index in [9.17, 15) is 14.7 Å². The first-order chi connectivity index (χ1) is 23.2. The van der Waals surface area contributed by atoms with E-state index in [0.717, 1.165) is 57.7 Å². The number of anilines is 3. The number of carbonyl (C=O) groups excluding carboxylic acids is 1. The molecule has 0 bridgehead atoms. The lowest BCUT2D eigenvalue weighted by Gasteiger charge is -2.36. The largest absolute Gasteiger partial charge is 0.466 e. The predicted octanol–water partition coefficient (Wildman–Crippen LogP) is 5.16. The van der Waals surface area contributed by atoms with Gasteiger partial charge in [0, 0.05) is 50.2 Å². The number of hydrogen-bond donors (Lipinski definition) is 2. The number of fused-ring (bicyclic) bond motifs is 1. The van der Waals surface area contributed by atoms with Gasteiger partial charge in [0.25, 0.3) is 5.56 Å². The van der Waals surface area contributed by atoms with E-state index in [1.165, 1.54) is 29.4 Å². The number of rotatable bonds is 16. The topological polar surface area (TPSA) is 131 Å². The minimum absolute atomic E-state index is 0.0821. The summed E-state index contributed by atoms with van der Waals surface area (Å²) >= 11 is 0. The van der Waals surface area contributed by atoms with Crippen LogP contribution in [0.4, 0.5) is 17.3 Å².